The SMILES string of the molecule is O=C(O)C1CCCCN1S(=O)(=O)N1CCCCCCC1. The van der Waals surface area contributed by atoms with E-state index in [1.54, 1.807) is 0 Å². The van der Waals surface area contributed by atoms with Gasteiger partial charge in [-0.3, -0.25) is 4.79 Å². The predicted octanol–water partition coefficient (Wildman–Crippen LogP) is 1.44. The Hall–Kier alpha value is -0.660. The minimum Gasteiger partial charge on any atom is -0.480 e. The van der Waals surface area contributed by atoms with Crippen LogP contribution in [0.2, 0.25) is 0 Å². The molecule has 2 rings (SSSR count). The highest BCUT2D eigenvalue weighted by molar-refractivity contribution is 7.86. The van der Waals surface area contributed by atoms with Crippen molar-refractivity contribution in [2.24, 2.45) is 0 Å². The molecule has 0 amide bonds. The van der Waals surface area contributed by atoms with Crippen molar-refractivity contribution in [2.45, 2.75) is 57.4 Å². The second-order valence-electron chi connectivity index (χ2n) is 5.64. The molecule has 0 aliphatic carbocycles. The lowest BCUT2D eigenvalue weighted by Crippen LogP contribution is -2.53. The molecule has 6 nitrogen and oxygen atoms in total. The van der Waals surface area contributed by atoms with Crippen molar-refractivity contribution in [1.29, 1.82) is 0 Å². The van der Waals surface area contributed by atoms with Gasteiger partial charge in [-0.25, -0.2) is 0 Å². The third kappa shape index (κ3) is 3.51. The Morgan fingerprint density at radius 3 is 2.05 bits per heavy atom. The van der Waals surface area contributed by atoms with E-state index in [1.807, 2.05) is 0 Å². The summed E-state index contributed by atoms with van der Waals surface area (Å²) in [6.07, 6.45) is 6.94. The van der Waals surface area contributed by atoms with Gasteiger partial charge in [0.05, 0.1) is 0 Å². The molecule has 0 radical (unpaired) electrons. The number of carboxylic acids is 1. The third-order valence-electron chi connectivity index (χ3n) is 4.18. The first-order valence-electron chi connectivity index (χ1n) is 7.53. The standard InChI is InChI=1S/C13H24N2O4S/c16-13(17)12-8-4-7-11-15(12)20(18,19)14-9-5-2-1-3-6-10-14/h12H,1-11H2,(H,16,17). The van der Waals surface area contributed by atoms with Crippen LogP contribution in [0.1, 0.15) is 51.4 Å². The molecule has 7 heteroatoms. The Labute approximate surface area is 120 Å². The molecular weight excluding hydrogens is 280 g/mol. The van der Waals surface area contributed by atoms with Gasteiger partial charge < -0.3 is 5.11 Å². The van der Waals surface area contributed by atoms with Crippen LogP contribution < -0.4 is 0 Å². The highest BCUT2D eigenvalue weighted by atomic mass is 32.2. The van der Waals surface area contributed by atoms with Crippen molar-refractivity contribution < 1.29 is 18.3 Å². The summed E-state index contributed by atoms with van der Waals surface area (Å²) >= 11 is 0. The summed E-state index contributed by atoms with van der Waals surface area (Å²) in [5, 5.41) is 9.25. The van der Waals surface area contributed by atoms with Crippen LogP contribution in [0.4, 0.5) is 0 Å². The van der Waals surface area contributed by atoms with E-state index in [0.29, 0.717) is 26.1 Å². The minimum atomic E-state index is -3.63. The van der Waals surface area contributed by atoms with Crippen LogP contribution in [0, 0.1) is 0 Å². The van der Waals surface area contributed by atoms with E-state index >= 15 is 0 Å². The molecule has 2 aliphatic rings. The normalized spacial score (nSPS) is 27.7. The Morgan fingerprint density at radius 2 is 1.45 bits per heavy atom. The zero-order valence-electron chi connectivity index (χ0n) is 11.8. The molecule has 2 aliphatic heterocycles. The van der Waals surface area contributed by atoms with Gasteiger partial charge in [0.15, 0.2) is 0 Å². The van der Waals surface area contributed by atoms with Crippen LogP contribution >= 0.6 is 0 Å². The molecule has 0 aromatic heterocycles. The Balaban J connectivity index is 2.15. The molecule has 2 heterocycles. The first kappa shape index (κ1) is 15.7. The van der Waals surface area contributed by atoms with Crippen LogP contribution in [0.5, 0.6) is 0 Å². The molecule has 0 bridgehead atoms. The molecule has 1 N–H and O–H groups in total. The van der Waals surface area contributed by atoms with Gasteiger partial charge in [0, 0.05) is 19.6 Å². The summed E-state index contributed by atoms with van der Waals surface area (Å²) < 4.78 is 28.1. The van der Waals surface area contributed by atoms with E-state index in [-0.39, 0.29) is 0 Å². The molecule has 116 valence electrons. The van der Waals surface area contributed by atoms with E-state index in [9.17, 15) is 18.3 Å². The zero-order valence-corrected chi connectivity index (χ0v) is 12.6. The molecule has 0 aromatic rings. The van der Waals surface area contributed by atoms with E-state index in [4.69, 9.17) is 0 Å². The van der Waals surface area contributed by atoms with Crippen LogP contribution in [0.15, 0.2) is 0 Å². The fourth-order valence-corrected chi connectivity index (χ4v) is 4.92. The summed E-state index contributed by atoms with van der Waals surface area (Å²) in [6, 6.07) is -0.890. The van der Waals surface area contributed by atoms with Gasteiger partial charge in [-0.05, 0) is 32.1 Å². The predicted molar refractivity (Wildman–Crippen MR) is 75.6 cm³/mol. The molecule has 20 heavy (non-hydrogen) atoms. The number of carbonyl (C=O) groups is 1. The number of rotatable bonds is 3. The van der Waals surface area contributed by atoms with Crippen molar-refractivity contribution >= 4 is 16.2 Å². The largest absolute Gasteiger partial charge is 0.480 e. The number of hydrogen-bond acceptors (Lipinski definition) is 3. The molecule has 2 saturated heterocycles. The first-order chi connectivity index (χ1) is 9.53. The van der Waals surface area contributed by atoms with Crippen LogP contribution in [0.3, 0.4) is 0 Å². The summed E-state index contributed by atoms with van der Waals surface area (Å²) in [5.41, 5.74) is 0. The Bertz CT molecular complexity index is 430. The van der Waals surface area contributed by atoms with Crippen molar-refractivity contribution in [3.05, 3.63) is 0 Å². The van der Waals surface area contributed by atoms with Gasteiger partial charge in [-0.2, -0.15) is 17.0 Å². The Kier molecular flexibility index (Phi) is 5.40. The average molecular weight is 304 g/mol. The summed E-state index contributed by atoms with van der Waals surface area (Å²) in [7, 11) is -3.63. The lowest BCUT2D eigenvalue weighted by atomic mass is 10.1. The Morgan fingerprint density at radius 1 is 0.900 bits per heavy atom. The molecule has 0 aromatic carbocycles. The zero-order chi connectivity index (χ0) is 14.6. The van der Waals surface area contributed by atoms with Gasteiger partial charge in [-0.15, -0.1) is 0 Å². The van der Waals surface area contributed by atoms with E-state index in [1.165, 1.54) is 8.61 Å². The molecular formula is C13H24N2O4S. The third-order valence-corrected chi connectivity index (χ3v) is 6.22. The smallest absolute Gasteiger partial charge is 0.322 e. The maximum absolute atomic E-state index is 12.7. The van der Waals surface area contributed by atoms with Gasteiger partial charge in [-0.1, -0.05) is 19.3 Å². The molecule has 2 fully saturated rings. The van der Waals surface area contributed by atoms with Crippen LogP contribution in [-0.2, 0) is 15.0 Å². The molecule has 0 spiro atoms. The lowest BCUT2D eigenvalue weighted by Gasteiger charge is -2.36. The molecule has 0 saturated carbocycles. The number of hydrogen-bond donors (Lipinski definition) is 1. The minimum absolute atomic E-state index is 0.329. The van der Waals surface area contributed by atoms with Gasteiger partial charge in [0.1, 0.15) is 6.04 Å². The number of carboxylic acid groups (broad SMARTS) is 1. The topological polar surface area (TPSA) is 77.9 Å². The summed E-state index contributed by atoms with van der Waals surface area (Å²) in [6.45, 7) is 1.37. The second-order valence-corrected chi connectivity index (χ2v) is 7.52. The fraction of sp³-hybridized carbons (Fsp3) is 0.923. The summed E-state index contributed by atoms with van der Waals surface area (Å²) in [5.74, 6) is -1.03. The molecule has 1 atom stereocenters. The monoisotopic (exact) mass is 304 g/mol. The van der Waals surface area contributed by atoms with Crippen molar-refractivity contribution in [3.8, 4) is 0 Å². The quantitative estimate of drug-likeness (QED) is 0.855. The van der Waals surface area contributed by atoms with Crippen molar-refractivity contribution in [3.63, 3.8) is 0 Å². The van der Waals surface area contributed by atoms with E-state index < -0.39 is 22.2 Å². The highest BCUT2D eigenvalue weighted by Gasteiger charge is 2.39. The average Bonchev–Trinajstić information content (AvgIpc) is 2.37. The highest BCUT2D eigenvalue weighted by Crippen LogP contribution is 2.24. The lowest BCUT2D eigenvalue weighted by molar-refractivity contribution is -0.142. The number of piperidine rings is 1. The van der Waals surface area contributed by atoms with Crippen LogP contribution in [-0.4, -0.2) is 53.8 Å². The maximum atomic E-state index is 12.7. The van der Waals surface area contributed by atoms with Gasteiger partial charge in [0.2, 0.25) is 0 Å². The first-order valence-corrected chi connectivity index (χ1v) is 8.93. The van der Waals surface area contributed by atoms with E-state index in [0.717, 1.165) is 44.9 Å². The number of nitrogens with zero attached hydrogens (tertiary/aromatic N) is 2. The van der Waals surface area contributed by atoms with Crippen molar-refractivity contribution in [1.82, 2.24) is 8.61 Å². The van der Waals surface area contributed by atoms with Gasteiger partial charge >= 0.3 is 5.97 Å². The molecule has 1 unspecified atom stereocenters. The maximum Gasteiger partial charge on any atom is 0.322 e. The summed E-state index contributed by atoms with van der Waals surface area (Å²) in [4.78, 5) is 11.3. The second kappa shape index (κ2) is 6.87. The fourth-order valence-electron chi connectivity index (χ4n) is 3.03. The van der Waals surface area contributed by atoms with Gasteiger partial charge in [0.25, 0.3) is 10.2 Å². The van der Waals surface area contributed by atoms with E-state index in [2.05, 4.69) is 0 Å². The van der Waals surface area contributed by atoms with Crippen LogP contribution in [0.25, 0.3) is 0 Å². The van der Waals surface area contributed by atoms with Crippen molar-refractivity contribution in [2.75, 3.05) is 19.6 Å². The number of aliphatic carboxylic acids is 1.